The highest BCUT2D eigenvalue weighted by molar-refractivity contribution is 7.26. The van der Waals surface area contributed by atoms with Crippen molar-refractivity contribution in [2.24, 2.45) is 0 Å². The third-order valence-corrected chi connectivity index (χ3v) is 20.0. The quantitative estimate of drug-likeness (QED) is 0.141. The number of anilines is 6. The Balaban J connectivity index is 1.13. The fraction of sp³-hybridized carbons (Fsp3) is 0.246. The molecule has 0 radical (unpaired) electrons. The summed E-state index contributed by atoms with van der Waals surface area (Å²) in [5.41, 5.74) is 19.0. The molecule has 0 atom stereocenters. The van der Waals surface area contributed by atoms with E-state index in [9.17, 15) is 0 Å². The third kappa shape index (κ3) is 6.92. The molecule has 7 aromatic carbocycles. The Hall–Kier alpha value is -5.93. The summed E-state index contributed by atoms with van der Waals surface area (Å²) >= 11 is 1.96. The molecule has 0 bridgehead atoms. The molecule has 3 nitrogen and oxygen atoms in total. The first-order chi connectivity index (χ1) is 31.7. The Morgan fingerprint density at radius 3 is 1.84 bits per heavy atom. The van der Waals surface area contributed by atoms with Crippen molar-refractivity contribution in [2.45, 2.75) is 98.6 Å². The van der Waals surface area contributed by atoms with Crippen LogP contribution < -0.4 is 20.2 Å². The highest BCUT2D eigenvalue weighted by atomic mass is 32.1. The maximum atomic E-state index is 2.70. The van der Waals surface area contributed by atoms with E-state index in [2.05, 4.69) is 248 Å². The van der Waals surface area contributed by atoms with Crippen molar-refractivity contribution in [3.05, 3.63) is 174 Å². The van der Waals surface area contributed by atoms with Gasteiger partial charge in [-0.1, -0.05) is 151 Å². The molecule has 336 valence electrons. The highest BCUT2D eigenvalue weighted by Crippen LogP contribution is 2.58. The Morgan fingerprint density at radius 2 is 1.15 bits per heavy atom. The number of aryl methyl sites for hydroxylation is 2. The second-order valence-electron chi connectivity index (χ2n) is 22.9. The van der Waals surface area contributed by atoms with Gasteiger partial charge >= 0.3 is 0 Å². The summed E-state index contributed by atoms with van der Waals surface area (Å²) in [6.45, 7) is 31.1. The minimum absolute atomic E-state index is 0.0227. The van der Waals surface area contributed by atoms with Gasteiger partial charge in [-0.2, -0.15) is 0 Å². The van der Waals surface area contributed by atoms with Gasteiger partial charge < -0.3 is 14.2 Å². The molecule has 0 amide bonds. The molecule has 11 rings (SSSR count). The van der Waals surface area contributed by atoms with Crippen LogP contribution in [0.5, 0.6) is 0 Å². The van der Waals surface area contributed by atoms with Crippen LogP contribution in [0.3, 0.4) is 0 Å². The van der Waals surface area contributed by atoms with Crippen LogP contribution in [0.25, 0.3) is 47.7 Å². The van der Waals surface area contributed by atoms with E-state index in [1.807, 2.05) is 11.3 Å². The number of thiophene rings is 1. The molecular formula is C61H63N3SSi2. The highest BCUT2D eigenvalue weighted by Gasteiger charge is 2.43. The lowest BCUT2D eigenvalue weighted by molar-refractivity contribution is 0.592. The van der Waals surface area contributed by atoms with E-state index in [1.165, 1.54) is 120 Å². The van der Waals surface area contributed by atoms with Gasteiger partial charge in [0.1, 0.15) is 0 Å². The molecule has 3 aromatic heterocycles. The van der Waals surface area contributed by atoms with Crippen LogP contribution in [0, 0.1) is 13.8 Å². The Bertz CT molecular complexity index is 3570. The Labute approximate surface area is 403 Å². The summed E-state index contributed by atoms with van der Waals surface area (Å²) < 4.78 is 5.38. The maximum Gasteiger partial charge on any atom is 0.0776 e. The van der Waals surface area contributed by atoms with Gasteiger partial charge in [-0.15, -0.1) is 11.3 Å². The predicted octanol–water partition coefficient (Wildman–Crippen LogP) is 17.1. The fourth-order valence-corrected chi connectivity index (χ4v) is 14.4. The first-order valence-electron chi connectivity index (χ1n) is 24.1. The van der Waals surface area contributed by atoms with E-state index in [1.54, 1.807) is 0 Å². The lowest BCUT2D eigenvalue weighted by Gasteiger charge is -2.30. The third-order valence-electron chi connectivity index (χ3n) is 14.7. The maximum absolute atomic E-state index is 2.70. The van der Waals surface area contributed by atoms with Crippen LogP contribution in [0.2, 0.25) is 39.3 Å². The molecule has 0 spiro atoms. The summed E-state index contributed by atoms with van der Waals surface area (Å²) in [6.07, 6.45) is 0. The monoisotopic (exact) mass is 925 g/mol. The number of para-hydroxylation sites is 1. The fourth-order valence-electron chi connectivity index (χ4n) is 10.9. The van der Waals surface area contributed by atoms with E-state index in [0.717, 1.165) is 0 Å². The molecule has 0 saturated carbocycles. The van der Waals surface area contributed by atoms with Crippen LogP contribution in [0.4, 0.5) is 34.1 Å². The number of hydrogen-bond acceptors (Lipinski definition) is 3. The van der Waals surface area contributed by atoms with Crippen molar-refractivity contribution >= 4 is 109 Å². The number of nitrogens with zero attached hydrogens (tertiary/aromatic N) is 3. The molecule has 6 heteroatoms. The number of fused-ring (bicyclic) bond motifs is 10. The Morgan fingerprint density at radius 1 is 0.537 bits per heavy atom. The van der Waals surface area contributed by atoms with Crippen LogP contribution in [-0.2, 0) is 10.8 Å². The molecule has 67 heavy (non-hydrogen) atoms. The van der Waals surface area contributed by atoms with Gasteiger partial charge in [0.2, 0.25) is 0 Å². The van der Waals surface area contributed by atoms with Gasteiger partial charge in [0.25, 0.3) is 0 Å². The number of aromatic nitrogens is 1. The predicted molar refractivity (Wildman–Crippen MR) is 300 cm³/mol. The van der Waals surface area contributed by atoms with Crippen molar-refractivity contribution < 1.29 is 0 Å². The van der Waals surface area contributed by atoms with Gasteiger partial charge in [-0.3, -0.25) is 0 Å². The van der Waals surface area contributed by atoms with E-state index in [4.69, 9.17) is 0 Å². The minimum Gasteiger partial charge on any atom is -0.311 e. The number of hydrogen-bond donors (Lipinski definition) is 0. The molecular weight excluding hydrogens is 863 g/mol. The SMILES string of the molecule is Cc1ccc(N(c2ccc3c(c2)sc2c4cc(C(C)(C)C)cc5c6c(n(c54)c32)C(C)(C)c2cc(N(c3ccc([Si](C)(C)C)cc3)c3cccc([Si](C)(C)C)c3)ccc2-6)c2ccccc2C)cc1. The van der Waals surface area contributed by atoms with Crippen molar-refractivity contribution in [1.82, 2.24) is 4.40 Å². The second-order valence-corrected chi connectivity index (χ2v) is 34.1. The normalized spacial score (nSPS) is 13.9. The summed E-state index contributed by atoms with van der Waals surface area (Å²) in [4.78, 5) is 4.94. The topological polar surface area (TPSA) is 10.9 Å². The molecule has 0 aliphatic heterocycles. The molecule has 0 saturated heterocycles. The van der Waals surface area contributed by atoms with Crippen LogP contribution in [0.1, 0.15) is 62.6 Å². The van der Waals surface area contributed by atoms with E-state index in [0.29, 0.717) is 0 Å². The molecule has 1 aliphatic rings. The summed E-state index contributed by atoms with van der Waals surface area (Å²) in [7, 11) is -3.07. The van der Waals surface area contributed by atoms with E-state index < -0.39 is 16.1 Å². The zero-order valence-corrected chi connectivity index (χ0v) is 44.4. The number of rotatable bonds is 8. The first-order valence-corrected chi connectivity index (χ1v) is 31.9. The van der Waals surface area contributed by atoms with Gasteiger partial charge in [-0.05, 0) is 126 Å². The van der Waals surface area contributed by atoms with Crippen molar-refractivity contribution in [3.63, 3.8) is 0 Å². The summed E-state index contributed by atoms with van der Waals surface area (Å²) in [6, 6.07) is 56.1. The molecule has 0 fully saturated rings. The van der Waals surface area contributed by atoms with Crippen LogP contribution in [0.15, 0.2) is 146 Å². The zero-order valence-electron chi connectivity index (χ0n) is 41.6. The second kappa shape index (κ2) is 15.0. The molecule has 3 heterocycles. The zero-order chi connectivity index (χ0) is 47.1. The lowest BCUT2D eigenvalue weighted by Crippen LogP contribution is -2.38. The average Bonchev–Trinajstić information content (AvgIpc) is 3.98. The van der Waals surface area contributed by atoms with Gasteiger partial charge in [0, 0.05) is 71.7 Å². The molecule has 1 aliphatic carbocycles. The lowest BCUT2D eigenvalue weighted by atomic mass is 9.85. The summed E-state index contributed by atoms with van der Waals surface area (Å²) in [5.74, 6) is 0. The molecule has 0 unspecified atom stereocenters. The smallest absolute Gasteiger partial charge is 0.0776 e. The minimum atomic E-state index is -1.58. The largest absolute Gasteiger partial charge is 0.311 e. The van der Waals surface area contributed by atoms with Crippen molar-refractivity contribution in [3.8, 4) is 11.1 Å². The molecule has 0 N–H and O–H groups in total. The van der Waals surface area contributed by atoms with E-state index in [-0.39, 0.29) is 10.8 Å². The summed E-state index contributed by atoms with van der Waals surface area (Å²) in [5, 5.41) is 7.00. The Kier molecular flexibility index (Phi) is 9.79. The standard InChI is InChI=1S/C61H63N3SSi2/c1-38-21-23-42(24-22-38)63(53-20-15-14-17-39(53)2)45-28-32-49-54(37-45)65-58-51-34-40(60(3,4)5)33-50-55-48-31-27-44(36-52(48)61(6,7)59(55)64(56(50)51)57(49)58)62(41-25-29-46(30-26-41)66(8,9)10)43-18-16-19-47(35-43)67(11,12)13/h14-37H,1-13H3. The van der Waals surface area contributed by atoms with Crippen LogP contribution >= 0.6 is 11.3 Å². The molecule has 10 aromatic rings. The van der Waals surface area contributed by atoms with Crippen LogP contribution in [-0.4, -0.2) is 20.5 Å². The van der Waals surface area contributed by atoms with Crippen molar-refractivity contribution in [1.29, 1.82) is 0 Å². The van der Waals surface area contributed by atoms with Crippen molar-refractivity contribution in [2.75, 3.05) is 9.80 Å². The van der Waals surface area contributed by atoms with Gasteiger partial charge in [-0.25, -0.2) is 0 Å². The van der Waals surface area contributed by atoms with Gasteiger partial charge in [0.15, 0.2) is 0 Å². The van der Waals surface area contributed by atoms with E-state index >= 15 is 0 Å². The van der Waals surface area contributed by atoms with Gasteiger partial charge in [0.05, 0.1) is 31.9 Å². The first kappa shape index (κ1) is 43.6. The average molecular weight is 926 g/mol. The number of benzene rings is 7.